The summed E-state index contributed by atoms with van der Waals surface area (Å²) in [7, 11) is 4.73. The fourth-order valence-corrected chi connectivity index (χ4v) is 5.05. The van der Waals surface area contributed by atoms with Crippen LogP contribution in [0.3, 0.4) is 0 Å². The molecule has 7 nitrogen and oxygen atoms in total. The summed E-state index contributed by atoms with van der Waals surface area (Å²) >= 11 is 0. The molecule has 32 heavy (non-hydrogen) atoms. The molecule has 0 spiro atoms. The van der Waals surface area contributed by atoms with Gasteiger partial charge in [-0.05, 0) is 12.1 Å². The third-order valence-electron chi connectivity index (χ3n) is 6.41. The topological polar surface area (TPSA) is 85.0 Å². The van der Waals surface area contributed by atoms with E-state index in [2.05, 4.69) is 10.3 Å². The van der Waals surface area contributed by atoms with Gasteiger partial charge in [0.1, 0.15) is 0 Å². The lowest BCUT2D eigenvalue weighted by Crippen LogP contribution is -2.38. The maximum atomic E-state index is 12.0. The summed E-state index contributed by atoms with van der Waals surface area (Å²) in [6.07, 6.45) is 1.19. The molecule has 0 saturated carbocycles. The standard InChI is InChI=1S/C25H22N2O5/c1-29-20-18(14-12-26-16-10-6-4-8-13(14)16)21(30-2)23-19(22(20)31-3)25(28)15-9-5-7-11-17(15)27-24(25)32-23/h4-12,24,26-28H,1-3H3/t24-,25-/m1/s1. The number of nitrogens with one attached hydrogen (secondary N) is 2. The molecule has 0 aliphatic carbocycles. The number of hydrogen-bond acceptors (Lipinski definition) is 6. The van der Waals surface area contributed by atoms with Crippen molar-refractivity contribution in [3.05, 3.63) is 65.9 Å². The Labute approximate surface area is 184 Å². The number of rotatable bonds is 4. The first-order valence-corrected chi connectivity index (χ1v) is 10.3. The lowest BCUT2D eigenvalue weighted by atomic mass is 9.85. The average molecular weight is 430 g/mol. The average Bonchev–Trinajstić information content (AvgIpc) is 3.46. The highest BCUT2D eigenvalue weighted by Crippen LogP contribution is 2.63. The van der Waals surface area contributed by atoms with E-state index in [4.69, 9.17) is 18.9 Å². The molecule has 3 aromatic carbocycles. The smallest absolute Gasteiger partial charge is 0.208 e. The molecule has 3 N–H and O–H groups in total. The minimum atomic E-state index is -1.46. The van der Waals surface area contributed by atoms with E-state index in [-0.39, 0.29) is 0 Å². The lowest BCUT2D eigenvalue weighted by Gasteiger charge is -2.25. The molecule has 1 aromatic heterocycles. The second-order valence-electron chi connectivity index (χ2n) is 7.88. The van der Waals surface area contributed by atoms with Crippen molar-refractivity contribution in [3.63, 3.8) is 0 Å². The van der Waals surface area contributed by atoms with Crippen molar-refractivity contribution in [2.45, 2.75) is 11.8 Å². The zero-order valence-corrected chi connectivity index (χ0v) is 17.9. The normalized spacial score (nSPS) is 20.2. The first-order valence-electron chi connectivity index (χ1n) is 10.3. The number of anilines is 1. The fraction of sp³-hybridized carbons (Fsp3) is 0.200. The van der Waals surface area contributed by atoms with Crippen LogP contribution in [-0.4, -0.2) is 37.6 Å². The summed E-state index contributed by atoms with van der Waals surface area (Å²) in [6.45, 7) is 0. The predicted molar refractivity (Wildman–Crippen MR) is 121 cm³/mol. The highest BCUT2D eigenvalue weighted by atomic mass is 16.6. The SMILES string of the molecule is COc1c(OC)c2c(c(OC)c1-c1c[nH]c3ccccc13)O[C@H]1Nc3ccccc3[C@@]21O. The Bertz CT molecular complexity index is 1380. The van der Waals surface area contributed by atoms with Gasteiger partial charge >= 0.3 is 0 Å². The van der Waals surface area contributed by atoms with Crippen LogP contribution in [0.25, 0.3) is 22.0 Å². The van der Waals surface area contributed by atoms with Crippen LogP contribution < -0.4 is 24.3 Å². The van der Waals surface area contributed by atoms with Crippen LogP contribution in [0.15, 0.2) is 54.7 Å². The number of methoxy groups -OCH3 is 3. The summed E-state index contributed by atoms with van der Waals surface area (Å²) in [5.74, 6) is 1.78. The summed E-state index contributed by atoms with van der Waals surface area (Å²) in [6, 6.07) is 15.6. The van der Waals surface area contributed by atoms with Crippen LogP contribution in [-0.2, 0) is 5.60 Å². The molecule has 6 rings (SSSR count). The van der Waals surface area contributed by atoms with Crippen LogP contribution in [0.4, 0.5) is 5.69 Å². The summed E-state index contributed by atoms with van der Waals surface area (Å²) in [4.78, 5) is 3.30. The predicted octanol–water partition coefficient (Wildman–Crippen LogP) is 4.24. The van der Waals surface area contributed by atoms with Crippen LogP contribution in [0, 0.1) is 0 Å². The molecule has 0 amide bonds. The first-order chi connectivity index (χ1) is 15.6. The number of fused-ring (bicyclic) bond motifs is 6. The maximum absolute atomic E-state index is 12.0. The second-order valence-corrected chi connectivity index (χ2v) is 7.88. The minimum absolute atomic E-state index is 0.409. The molecule has 0 fully saturated rings. The van der Waals surface area contributed by atoms with Crippen molar-refractivity contribution in [2.24, 2.45) is 0 Å². The van der Waals surface area contributed by atoms with Gasteiger partial charge in [-0.25, -0.2) is 0 Å². The van der Waals surface area contributed by atoms with Gasteiger partial charge in [-0.1, -0.05) is 36.4 Å². The van der Waals surface area contributed by atoms with Crippen molar-refractivity contribution >= 4 is 16.6 Å². The van der Waals surface area contributed by atoms with E-state index >= 15 is 0 Å². The van der Waals surface area contributed by atoms with Crippen LogP contribution in [0.2, 0.25) is 0 Å². The van der Waals surface area contributed by atoms with Crippen molar-refractivity contribution in [1.29, 1.82) is 0 Å². The molecule has 2 aliphatic rings. The number of hydrogen-bond donors (Lipinski definition) is 3. The molecule has 4 aromatic rings. The highest BCUT2D eigenvalue weighted by molar-refractivity contribution is 6.01. The molecule has 3 heterocycles. The van der Waals surface area contributed by atoms with E-state index < -0.39 is 11.8 Å². The Morgan fingerprint density at radius 1 is 0.906 bits per heavy atom. The Kier molecular flexibility index (Phi) is 3.88. The largest absolute Gasteiger partial charge is 0.492 e. The van der Waals surface area contributed by atoms with Gasteiger partial charge < -0.3 is 34.4 Å². The van der Waals surface area contributed by atoms with Crippen molar-refractivity contribution in [1.82, 2.24) is 4.98 Å². The van der Waals surface area contributed by atoms with E-state index in [1.165, 1.54) is 0 Å². The van der Waals surface area contributed by atoms with E-state index in [1.54, 1.807) is 21.3 Å². The van der Waals surface area contributed by atoms with Crippen molar-refractivity contribution in [3.8, 4) is 34.1 Å². The van der Waals surface area contributed by atoms with Gasteiger partial charge in [-0.2, -0.15) is 0 Å². The van der Waals surface area contributed by atoms with Gasteiger partial charge in [0.05, 0.1) is 32.5 Å². The second kappa shape index (κ2) is 6.58. The van der Waals surface area contributed by atoms with Gasteiger partial charge in [0, 0.05) is 33.9 Å². The van der Waals surface area contributed by atoms with Gasteiger partial charge in [0.15, 0.2) is 28.6 Å². The van der Waals surface area contributed by atoms with Gasteiger partial charge in [-0.15, -0.1) is 0 Å². The van der Waals surface area contributed by atoms with Crippen molar-refractivity contribution in [2.75, 3.05) is 26.6 Å². The molecular formula is C25H22N2O5. The highest BCUT2D eigenvalue weighted by Gasteiger charge is 2.58. The van der Waals surface area contributed by atoms with Crippen molar-refractivity contribution < 1.29 is 24.1 Å². The molecule has 0 unspecified atom stereocenters. The van der Waals surface area contributed by atoms with E-state index in [9.17, 15) is 5.11 Å². The number of H-pyrrole nitrogens is 1. The number of para-hydroxylation sites is 2. The van der Waals surface area contributed by atoms with Gasteiger partial charge in [0.2, 0.25) is 6.23 Å². The van der Waals surface area contributed by atoms with E-state index in [1.807, 2.05) is 54.7 Å². The van der Waals surface area contributed by atoms with E-state index in [0.717, 1.165) is 22.2 Å². The monoisotopic (exact) mass is 430 g/mol. The third-order valence-corrected chi connectivity index (χ3v) is 6.41. The molecular weight excluding hydrogens is 408 g/mol. The number of benzene rings is 3. The summed E-state index contributed by atoms with van der Waals surface area (Å²) < 4.78 is 23.9. The Morgan fingerprint density at radius 3 is 2.41 bits per heavy atom. The number of aliphatic hydroxyl groups is 1. The van der Waals surface area contributed by atoms with E-state index in [0.29, 0.717) is 39.7 Å². The first kappa shape index (κ1) is 18.9. The molecule has 2 atom stereocenters. The Morgan fingerprint density at radius 2 is 1.62 bits per heavy atom. The number of aromatic amines is 1. The Hall–Kier alpha value is -3.84. The fourth-order valence-electron chi connectivity index (χ4n) is 5.05. The number of ether oxygens (including phenoxy) is 4. The van der Waals surface area contributed by atoms with Crippen LogP contribution in [0.1, 0.15) is 11.1 Å². The summed E-state index contributed by atoms with van der Waals surface area (Å²) in [5.41, 5.74) is 3.11. The molecule has 7 heteroatoms. The molecule has 0 saturated heterocycles. The third kappa shape index (κ3) is 2.18. The number of aromatic nitrogens is 1. The summed E-state index contributed by atoms with van der Waals surface area (Å²) in [5, 5.41) is 16.3. The van der Waals surface area contributed by atoms with Gasteiger partial charge in [-0.3, -0.25) is 0 Å². The molecule has 0 bridgehead atoms. The lowest BCUT2D eigenvalue weighted by molar-refractivity contribution is 0.0172. The Balaban J connectivity index is 1.71. The molecule has 0 radical (unpaired) electrons. The van der Waals surface area contributed by atoms with Gasteiger partial charge in [0.25, 0.3) is 0 Å². The quantitative estimate of drug-likeness (QED) is 0.449. The zero-order chi connectivity index (χ0) is 22.0. The zero-order valence-electron chi connectivity index (χ0n) is 17.9. The maximum Gasteiger partial charge on any atom is 0.208 e. The minimum Gasteiger partial charge on any atom is -0.492 e. The van der Waals surface area contributed by atoms with Crippen LogP contribution >= 0.6 is 0 Å². The molecule has 162 valence electrons. The molecule has 2 aliphatic heterocycles. The van der Waals surface area contributed by atoms with Crippen LogP contribution in [0.5, 0.6) is 23.0 Å².